The van der Waals surface area contributed by atoms with Crippen molar-refractivity contribution >= 4 is 0 Å². The van der Waals surface area contributed by atoms with E-state index < -0.39 is 0 Å². The summed E-state index contributed by atoms with van der Waals surface area (Å²) < 4.78 is 2.13. The summed E-state index contributed by atoms with van der Waals surface area (Å²) in [5, 5.41) is 12.2. The van der Waals surface area contributed by atoms with Gasteiger partial charge in [0.2, 0.25) is 0 Å². The summed E-state index contributed by atoms with van der Waals surface area (Å²) in [6.07, 6.45) is 11.0. The monoisotopic (exact) mass is 288 g/mol. The second kappa shape index (κ2) is 5.08. The predicted molar refractivity (Wildman–Crippen MR) is 82.6 cm³/mol. The molecule has 4 heteroatoms. The molecule has 4 saturated carbocycles. The SMILES string of the molecule is CC(C)NCc1cn(CC23CC4CC(CC(C4)C2)C3)nn1. The van der Waals surface area contributed by atoms with Crippen LogP contribution in [0, 0.1) is 23.2 Å². The summed E-state index contributed by atoms with van der Waals surface area (Å²) >= 11 is 0. The third-order valence-corrected chi connectivity index (χ3v) is 5.94. The second-order valence-electron chi connectivity index (χ2n) is 8.36. The highest BCUT2D eigenvalue weighted by atomic mass is 15.4. The van der Waals surface area contributed by atoms with Gasteiger partial charge < -0.3 is 5.32 Å². The third-order valence-electron chi connectivity index (χ3n) is 5.94. The summed E-state index contributed by atoms with van der Waals surface area (Å²) in [4.78, 5) is 0. The van der Waals surface area contributed by atoms with E-state index in [0.29, 0.717) is 11.5 Å². The van der Waals surface area contributed by atoms with E-state index in [0.717, 1.165) is 36.5 Å². The Labute approximate surface area is 127 Å². The van der Waals surface area contributed by atoms with Crippen molar-refractivity contribution in [2.75, 3.05) is 0 Å². The smallest absolute Gasteiger partial charge is 0.0964 e. The molecule has 1 aromatic heterocycles. The molecule has 4 bridgehead atoms. The van der Waals surface area contributed by atoms with Crippen LogP contribution in [0.3, 0.4) is 0 Å². The van der Waals surface area contributed by atoms with E-state index >= 15 is 0 Å². The van der Waals surface area contributed by atoms with Crippen LogP contribution in [-0.4, -0.2) is 21.0 Å². The predicted octanol–water partition coefficient (Wildman–Crippen LogP) is 2.99. The van der Waals surface area contributed by atoms with Crippen LogP contribution in [0.4, 0.5) is 0 Å². The Morgan fingerprint density at radius 3 is 2.38 bits per heavy atom. The molecule has 116 valence electrons. The molecular formula is C17H28N4. The summed E-state index contributed by atoms with van der Waals surface area (Å²) in [5.41, 5.74) is 1.62. The van der Waals surface area contributed by atoms with Gasteiger partial charge in [0, 0.05) is 25.3 Å². The van der Waals surface area contributed by atoms with Crippen molar-refractivity contribution in [3.63, 3.8) is 0 Å². The van der Waals surface area contributed by atoms with Gasteiger partial charge in [-0.2, -0.15) is 0 Å². The molecule has 0 amide bonds. The molecule has 0 atom stereocenters. The largest absolute Gasteiger partial charge is 0.309 e. The lowest BCUT2D eigenvalue weighted by molar-refractivity contribution is -0.0637. The Kier molecular flexibility index (Phi) is 3.32. The lowest BCUT2D eigenvalue weighted by atomic mass is 9.49. The van der Waals surface area contributed by atoms with Crippen molar-refractivity contribution in [1.29, 1.82) is 0 Å². The fourth-order valence-electron chi connectivity index (χ4n) is 5.63. The minimum absolute atomic E-state index is 0.498. The van der Waals surface area contributed by atoms with Gasteiger partial charge in [-0.3, -0.25) is 4.68 Å². The fraction of sp³-hybridized carbons (Fsp3) is 0.882. The highest BCUT2D eigenvalue weighted by Gasteiger charge is 2.51. The van der Waals surface area contributed by atoms with Crippen LogP contribution in [0.5, 0.6) is 0 Å². The lowest BCUT2D eigenvalue weighted by Crippen LogP contribution is -2.48. The average Bonchev–Trinajstić information content (AvgIpc) is 2.81. The maximum absolute atomic E-state index is 4.40. The number of nitrogens with one attached hydrogen (secondary N) is 1. The lowest BCUT2D eigenvalue weighted by Gasteiger charge is -2.56. The molecule has 0 aliphatic heterocycles. The van der Waals surface area contributed by atoms with E-state index in [4.69, 9.17) is 0 Å². The van der Waals surface area contributed by atoms with Crippen molar-refractivity contribution in [2.45, 2.75) is 71.5 Å². The number of aromatic nitrogens is 3. The Morgan fingerprint density at radius 2 is 1.81 bits per heavy atom. The molecule has 21 heavy (non-hydrogen) atoms. The van der Waals surface area contributed by atoms with E-state index in [1.807, 2.05) is 0 Å². The zero-order chi connectivity index (χ0) is 14.4. The minimum atomic E-state index is 0.498. The summed E-state index contributed by atoms with van der Waals surface area (Å²) in [6.45, 7) is 6.27. The average molecular weight is 288 g/mol. The number of hydrogen-bond acceptors (Lipinski definition) is 3. The zero-order valence-corrected chi connectivity index (χ0v) is 13.4. The topological polar surface area (TPSA) is 42.7 Å². The Balaban J connectivity index is 1.44. The van der Waals surface area contributed by atoms with E-state index in [-0.39, 0.29) is 0 Å². The zero-order valence-electron chi connectivity index (χ0n) is 13.4. The van der Waals surface area contributed by atoms with Gasteiger partial charge in [0.1, 0.15) is 0 Å². The van der Waals surface area contributed by atoms with Crippen LogP contribution in [0.1, 0.15) is 58.1 Å². The standard InChI is InChI=1S/C17H28N4/c1-12(2)18-9-16-10-21(20-19-16)11-17-6-13-3-14(7-17)5-15(4-13)8-17/h10,12-15,18H,3-9,11H2,1-2H3. The van der Waals surface area contributed by atoms with Crippen molar-refractivity contribution in [1.82, 2.24) is 20.3 Å². The molecular weight excluding hydrogens is 260 g/mol. The summed E-state index contributed by atoms with van der Waals surface area (Å²) in [5.74, 6) is 3.05. The number of nitrogens with zero attached hydrogens (tertiary/aromatic N) is 3. The van der Waals surface area contributed by atoms with Crippen molar-refractivity contribution in [3.05, 3.63) is 11.9 Å². The minimum Gasteiger partial charge on any atom is -0.309 e. The van der Waals surface area contributed by atoms with E-state index in [9.17, 15) is 0 Å². The highest BCUT2D eigenvalue weighted by molar-refractivity contribution is 5.02. The Morgan fingerprint density at radius 1 is 1.19 bits per heavy atom. The Hall–Kier alpha value is -0.900. The summed E-state index contributed by atoms with van der Waals surface area (Å²) in [7, 11) is 0. The first kappa shape index (κ1) is 13.7. The van der Waals surface area contributed by atoms with Crippen LogP contribution in [0.25, 0.3) is 0 Å². The highest BCUT2D eigenvalue weighted by Crippen LogP contribution is 2.60. The van der Waals surface area contributed by atoms with Gasteiger partial charge in [-0.05, 0) is 61.7 Å². The van der Waals surface area contributed by atoms with E-state index in [1.165, 1.54) is 38.5 Å². The maximum Gasteiger partial charge on any atom is 0.0964 e. The number of rotatable bonds is 5. The van der Waals surface area contributed by atoms with Crippen molar-refractivity contribution in [2.24, 2.45) is 23.2 Å². The molecule has 5 rings (SSSR count). The van der Waals surface area contributed by atoms with Gasteiger partial charge in [0.25, 0.3) is 0 Å². The molecule has 4 fully saturated rings. The van der Waals surface area contributed by atoms with Crippen molar-refractivity contribution < 1.29 is 0 Å². The van der Waals surface area contributed by atoms with Gasteiger partial charge in [0.15, 0.2) is 0 Å². The quantitative estimate of drug-likeness (QED) is 0.905. The molecule has 1 aromatic rings. The molecule has 0 unspecified atom stereocenters. The van der Waals surface area contributed by atoms with Gasteiger partial charge in [-0.25, -0.2) is 0 Å². The van der Waals surface area contributed by atoms with Gasteiger partial charge in [0.05, 0.1) is 5.69 Å². The van der Waals surface area contributed by atoms with Crippen LogP contribution in [-0.2, 0) is 13.1 Å². The van der Waals surface area contributed by atoms with Gasteiger partial charge in [-0.15, -0.1) is 5.10 Å². The number of hydrogen-bond donors (Lipinski definition) is 1. The molecule has 1 N–H and O–H groups in total. The fourth-order valence-corrected chi connectivity index (χ4v) is 5.63. The first-order valence-corrected chi connectivity index (χ1v) is 8.73. The molecule has 0 radical (unpaired) electrons. The van der Waals surface area contributed by atoms with Crippen LogP contribution in [0.2, 0.25) is 0 Å². The second-order valence-corrected chi connectivity index (χ2v) is 8.36. The summed E-state index contributed by atoms with van der Waals surface area (Å²) in [6, 6.07) is 0.498. The Bertz CT molecular complexity index is 469. The molecule has 1 heterocycles. The maximum atomic E-state index is 4.40. The molecule has 4 nitrogen and oxygen atoms in total. The van der Waals surface area contributed by atoms with Crippen LogP contribution >= 0.6 is 0 Å². The van der Waals surface area contributed by atoms with E-state index in [1.54, 1.807) is 0 Å². The van der Waals surface area contributed by atoms with Gasteiger partial charge >= 0.3 is 0 Å². The molecule has 0 saturated heterocycles. The molecule has 0 aromatic carbocycles. The van der Waals surface area contributed by atoms with E-state index in [2.05, 4.69) is 40.4 Å². The normalized spacial score (nSPS) is 37.6. The van der Waals surface area contributed by atoms with Crippen molar-refractivity contribution in [3.8, 4) is 0 Å². The molecule has 4 aliphatic carbocycles. The molecule has 4 aliphatic rings. The van der Waals surface area contributed by atoms with Gasteiger partial charge in [-0.1, -0.05) is 19.1 Å². The first-order valence-electron chi connectivity index (χ1n) is 8.73. The first-order chi connectivity index (χ1) is 10.1. The van der Waals surface area contributed by atoms with Crippen LogP contribution < -0.4 is 5.32 Å². The van der Waals surface area contributed by atoms with Crippen LogP contribution in [0.15, 0.2) is 6.20 Å². The molecule has 0 spiro atoms. The third kappa shape index (κ3) is 2.75.